The number of likely N-dealkylation sites (N-methyl/N-ethyl adjacent to an activating group) is 1. The number of piperidine rings is 1. The van der Waals surface area contributed by atoms with Crippen LogP contribution in [0.3, 0.4) is 0 Å². The van der Waals surface area contributed by atoms with E-state index in [1.807, 2.05) is 7.05 Å². The molecule has 2 unspecified atom stereocenters. The first-order chi connectivity index (χ1) is 10.5. The van der Waals surface area contributed by atoms with Crippen molar-refractivity contribution < 1.29 is 13.9 Å². The van der Waals surface area contributed by atoms with Gasteiger partial charge in [0, 0.05) is 25.2 Å². The molecule has 0 aliphatic carbocycles. The molecule has 2 aliphatic heterocycles. The van der Waals surface area contributed by atoms with Gasteiger partial charge in [-0.1, -0.05) is 11.6 Å². The summed E-state index contributed by atoms with van der Waals surface area (Å²) in [5.74, 6) is -0.173. The average molecular weight is 363 g/mol. The summed E-state index contributed by atoms with van der Waals surface area (Å²) in [5, 5.41) is 3.74. The molecule has 1 amide bonds. The number of hydrogen-bond donors (Lipinski definition) is 1. The van der Waals surface area contributed by atoms with Gasteiger partial charge in [-0.3, -0.25) is 4.79 Å². The summed E-state index contributed by atoms with van der Waals surface area (Å²) >= 11 is 5.89. The number of ether oxygens (including phenoxy) is 1. The third kappa shape index (κ3) is 4.28. The standard InChI is InChI=1S/C16H20ClFN2O2.ClH/c1-20(13-7-11-3-4-12(8-13)19-11)16(21)9-22-15-5-2-10(18)6-14(15)17;/h2,5-6,11-13,19H,3-4,7-9H2,1H3;1H. The van der Waals surface area contributed by atoms with Crippen molar-refractivity contribution in [2.75, 3.05) is 13.7 Å². The number of fused-ring (bicyclic) bond motifs is 2. The summed E-state index contributed by atoms with van der Waals surface area (Å²) < 4.78 is 18.4. The summed E-state index contributed by atoms with van der Waals surface area (Å²) in [6.07, 6.45) is 4.39. The highest BCUT2D eigenvalue weighted by Crippen LogP contribution is 2.29. The van der Waals surface area contributed by atoms with Crippen molar-refractivity contribution in [1.82, 2.24) is 10.2 Å². The first kappa shape index (κ1) is 18.3. The highest BCUT2D eigenvalue weighted by atomic mass is 35.5. The second kappa shape index (κ2) is 7.69. The van der Waals surface area contributed by atoms with Crippen LogP contribution in [0.4, 0.5) is 4.39 Å². The van der Waals surface area contributed by atoms with Gasteiger partial charge in [0.15, 0.2) is 6.61 Å². The van der Waals surface area contributed by atoms with Gasteiger partial charge in [0.2, 0.25) is 0 Å². The number of amides is 1. The molecule has 7 heteroatoms. The van der Waals surface area contributed by atoms with Crippen molar-refractivity contribution in [2.24, 2.45) is 0 Å². The molecular weight excluding hydrogens is 342 g/mol. The average Bonchev–Trinajstić information content (AvgIpc) is 2.83. The summed E-state index contributed by atoms with van der Waals surface area (Å²) in [7, 11) is 1.83. The van der Waals surface area contributed by atoms with Crippen molar-refractivity contribution in [3.63, 3.8) is 0 Å². The van der Waals surface area contributed by atoms with E-state index >= 15 is 0 Å². The van der Waals surface area contributed by atoms with E-state index in [0.717, 1.165) is 12.8 Å². The lowest BCUT2D eigenvalue weighted by atomic mass is 9.98. The predicted molar refractivity (Wildman–Crippen MR) is 89.9 cm³/mol. The van der Waals surface area contributed by atoms with Gasteiger partial charge >= 0.3 is 0 Å². The van der Waals surface area contributed by atoms with Crippen LogP contribution in [0, 0.1) is 5.82 Å². The van der Waals surface area contributed by atoms with E-state index in [-0.39, 0.29) is 36.0 Å². The summed E-state index contributed by atoms with van der Waals surface area (Å²) in [5.41, 5.74) is 0. The Morgan fingerprint density at radius 1 is 1.39 bits per heavy atom. The second-order valence-electron chi connectivity index (χ2n) is 6.13. The van der Waals surface area contributed by atoms with E-state index < -0.39 is 5.82 Å². The van der Waals surface area contributed by atoms with Crippen molar-refractivity contribution >= 4 is 29.9 Å². The Kier molecular flexibility index (Phi) is 6.12. The molecule has 0 aromatic heterocycles. The van der Waals surface area contributed by atoms with Crippen LogP contribution in [-0.4, -0.2) is 42.6 Å². The Morgan fingerprint density at radius 3 is 2.65 bits per heavy atom. The van der Waals surface area contributed by atoms with Crippen LogP contribution in [0.1, 0.15) is 25.7 Å². The quantitative estimate of drug-likeness (QED) is 0.894. The molecule has 2 bridgehead atoms. The first-order valence-corrected chi connectivity index (χ1v) is 8.00. The zero-order chi connectivity index (χ0) is 15.7. The molecule has 1 aromatic carbocycles. The number of carbonyl (C=O) groups is 1. The number of halogens is 3. The molecule has 4 nitrogen and oxygen atoms in total. The molecule has 2 heterocycles. The lowest BCUT2D eigenvalue weighted by Crippen LogP contribution is -2.49. The largest absolute Gasteiger partial charge is 0.482 e. The van der Waals surface area contributed by atoms with Crippen molar-refractivity contribution in [3.8, 4) is 5.75 Å². The minimum Gasteiger partial charge on any atom is -0.482 e. The van der Waals surface area contributed by atoms with Crippen LogP contribution in [0.15, 0.2) is 18.2 Å². The number of rotatable bonds is 4. The molecule has 0 spiro atoms. The third-order valence-electron chi connectivity index (χ3n) is 4.63. The Hall–Kier alpha value is -1.04. The molecule has 2 aliphatic rings. The summed E-state index contributed by atoms with van der Waals surface area (Å²) in [6.45, 7) is -0.0822. The number of carbonyl (C=O) groups excluding carboxylic acids is 1. The highest BCUT2D eigenvalue weighted by Gasteiger charge is 2.36. The maximum Gasteiger partial charge on any atom is 0.260 e. The van der Waals surface area contributed by atoms with E-state index in [9.17, 15) is 9.18 Å². The number of hydrogen-bond acceptors (Lipinski definition) is 3. The van der Waals surface area contributed by atoms with Crippen LogP contribution in [-0.2, 0) is 4.79 Å². The van der Waals surface area contributed by atoms with E-state index in [2.05, 4.69) is 5.32 Å². The Bertz CT molecular complexity index is 561. The van der Waals surface area contributed by atoms with Gasteiger partial charge in [0.1, 0.15) is 11.6 Å². The zero-order valence-electron chi connectivity index (χ0n) is 12.9. The lowest BCUT2D eigenvalue weighted by Gasteiger charge is -2.35. The normalized spacial score (nSPS) is 25.6. The minimum absolute atomic E-state index is 0. The van der Waals surface area contributed by atoms with Crippen LogP contribution in [0.5, 0.6) is 5.75 Å². The molecule has 128 valence electrons. The summed E-state index contributed by atoms with van der Waals surface area (Å²) in [6, 6.07) is 5.21. The smallest absolute Gasteiger partial charge is 0.260 e. The van der Waals surface area contributed by atoms with Crippen LogP contribution in [0.2, 0.25) is 5.02 Å². The Morgan fingerprint density at radius 2 is 2.04 bits per heavy atom. The fraction of sp³-hybridized carbons (Fsp3) is 0.562. The molecule has 0 radical (unpaired) electrons. The third-order valence-corrected chi connectivity index (χ3v) is 4.93. The SMILES string of the molecule is CN(C(=O)COc1ccc(F)cc1Cl)C1CC2CCC(C1)N2.Cl. The number of nitrogens with zero attached hydrogens (tertiary/aromatic N) is 1. The number of benzene rings is 1. The molecular formula is C16H21Cl2FN2O2. The molecule has 2 atom stereocenters. The van der Waals surface area contributed by atoms with Crippen LogP contribution >= 0.6 is 24.0 Å². The lowest BCUT2D eigenvalue weighted by molar-refractivity contribution is -0.134. The maximum atomic E-state index is 13.0. The minimum atomic E-state index is -0.425. The van der Waals surface area contributed by atoms with Crippen molar-refractivity contribution in [2.45, 2.75) is 43.8 Å². The van der Waals surface area contributed by atoms with Gasteiger partial charge in [-0.05, 0) is 43.9 Å². The predicted octanol–water partition coefficient (Wildman–Crippen LogP) is 3.02. The molecule has 1 N–H and O–H groups in total. The fourth-order valence-electron chi connectivity index (χ4n) is 3.38. The van der Waals surface area contributed by atoms with Gasteiger partial charge < -0.3 is 15.0 Å². The van der Waals surface area contributed by atoms with E-state index in [4.69, 9.17) is 16.3 Å². The topological polar surface area (TPSA) is 41.6 Å². The van der Waals surface area contributed by atoms with Crippen LogP contribution in [0.25, 0.3) is 0 Å². The van der Waals surface area contributed by atoms with Crippen LogP contribution < -0.4 is 10.1 Å². The zero-order valence-corrected chi connectivity index (χ0v) is 14.5. The fourth-order valence-corrected chi connectivity index (χ4v) is 3.60. The van der Waals surface area contributed by atoms with E-state index in [1.165, 1.54) is 31.0 Å². The van der Waals surface area contributed by atoms with E-state index in [0.29, 0.717) is 17.8 Å². The second-order valence-corrected chi connectivity index (χ2v) is 6.54. The molecule has 23 heavy (non-hydrogen) atoms. The molecule has 2 saturated heterocycles. The molecule has 0 saturated carbocycles. The van der Waals surface area contributed by atoms with Crippen molar-refractivity contribution in [1.29, 1.82) is 0 Å². The molecule has 1 aromatic rings. The Labute approximate surface area is 146 Å². The highest BCUT2D eigenvalue weighted by molar-refractivity contribution is 6.32. The van der Waals surface area contributed by atoms with Crippen molar-refractivity contribution in [3.05, 3.63) is 29.0 Å². The van der Waals surface area contributed by atoms with Gasteiger partial charge in [-0.15, -0.1) is 12.4 Å². The van der Waals surface area contributed by atoms with E-state index in [1.54, 1.807) is 4.90 Å². The monoisotopic (exact) mass is 362 g/mol. The van der Waals surface area contributed by atoms with Gasteiger partial charge in [-0.2, -0.15) is 0 Å². The van der Waals surface area contributed by atoms with Gasteiger partial charge in [-0.25, -0.2) is 4.39 Å². The molecule has 3 rings (SSSR count). The van der Waals surface area contributed by atoms with Gasteiger partial charge in [0.05, 0.1) is 5.02 Å². The maximum absolute atomic E-state index is 13.0. The molecule has 2 fully saturated rings. The first-order valence-electron chi connectivity index (χ1n) is 7.62. The Balaban J connectivity index is 0.00000192. The summed E-state index contributed by atoms with van der Waals surface area (Å²) in [4.78, 5) is 14.1. The van der Waals surface area contributed by atoms with Gasteiger partial charge in [0.25, 0.3) is 5.91 Å². The number of nitrogens with one attached hydrogen (secondary N) is 1.